The Hall–Kier alpha value is -1.52. The van der Waals surface area contributed by atoms with Crippen LogP contribution in [0.1, 0.15) is 0 Å². The third-order valence-electron chi connectivity index (χ3n) is 4.39. The lowest BCUT2D eigenvalue weighted by molar-refractivity contribution is 1.52. The normalized spacial score (nSPS) is 13.4. The van der Waals surface area contributed by atoms with Crippen molar-refractivity contribution in [3.05, 3.63) is 52.9 Å². The summed E-state index contributed by atoms with van der Waals surface area (Å²) in [7, 11) is -1.61. The van der Waals surface area contributed by atoms with Crippen molar-refractivity contribution in [3.8, 4) is 11.1 Å². The van der Waals surface area contributed by atoms with Gasteiger partial charge in [0.05, 0.1) is 8.07 Å². The summed E-state index contributed by atoms with van der Waals surface area (Å²) in [6.45, 7) is 11.9. The molecule has 0 heterocycles. The topological polar surface area (TPSA) is 0 Å². The zero-order chi connectivity index (χ0) is 15.9. The molecule has 0 saturated heterocycles. The van der Waals surface area contributed by atoms with E-state index >= 15 is 0 Å². The number of fused-ring (bicyclic) bond motifs is 1. The first kappa shape index (κ1) is 15.4. The smallest absolute Gasteiger partial charge is 0.0656 e. The zero-order valence-electron chi connectivity index (χ0n) is 14.2. The van der Waals surface area contributed by atoms with Crippen LogP contribution in [0.4, 0.5) is 0 Å². The van der Waals surface area contributed by atoms with E-state index in [2.05, 4.69) is 87.4 Å². The lowest BCUT2D eigenvalue weighted by atomic mass is 10.0. The van der Waals surface area contributed by atoms with E-state index in [1.165, 1.54) is 31.9 Å². The monoisotopic (exact) mass is 320 g/mol. The highest BCUT2D eigenvalue weighted by molar-refractivity contribution is 6.88. The van der Waals surface area contributed by atoms with E-state index in [4.69, 9.17) is 0 Å². The minimum absolute atomic E-state index is 0.391. The summed E-state index contributed by atoms with van der Waals surface area (Å²) in [6, 6.07) is 16.0. The maximum atomic E-state index is 2.41. The maximum Gasteiger partial charge on any atom is 0.0775 e. The minimum Gasteiger partial charge on any atom is -0.0656 e. The highest BCUT2D eigenvalue weighted by Crippen LogP contribution is 2.15. The Balaban J connectivity index is 2.14. The number of rotatable bonds is 2. The molecule has 0 aromatic heterocycles. The first-order valence-electron chi connectivity index (χ1n) is 7.97. The van der Waals surface area contributed by atoms with Crippen LogP contribution in [0.15, 0.2) is 42.5 Å². The van der Waals surface area contributed by atoms with Crippen LogP contribution in [0.25, 0.3) is 23.3 Å². The summed E-state index contributed by atoms with van der Waals surface area (Å²) in [5.74, 6) is 0. The predicted octanol–water partition coefficient (Wildman–Crippen LogP) is 2.98. The molecule has 0 amide bonds. The molecule has 0 fully saturated rings. The lowest BCUT2D eigenvalue weighted by Crippen LogP contribution is -2.37. The molecule has 0 atom stereocenters. The fourth-order valence-electron chi connectivity index (χ4n) is 2.92. The van der Waals surface area contributed by atoms with Gasteiger partial charge in [-0.25, -0.2) is 0 Å². The van der Waals surface area contributed by atoms with Gasteiger partial charge in [0.15, 0.2) is 0 Å². The lowest BCUT2D eigenvalue weighted by Gasteiger charge is -2.16. The third-order valence-corrected chi connectivity index (χ3v) is 7.90. The van der Waals surface area contributed by atoms with Crippen molar-refractivity contribution in [2.45, 2.75) is 32.7 Å². The average Bonchev–Trinajstić information content (AvgIpc) is 2.90. The predicted molar refractivity (Wildman–Crippen MR) is 106 cm³/mol. The molecule has 0 nitrogen and oxygen atoms in total. The average molecular weight is 321 g/mol. The molecule has 3 rings (SSSR count). The van der Waals surface area contributed by atoms with Crippen molar-refractivity contribution < 1.29 is 0 Å². The van der Waals surface area contributed by atoms with Gasteiger partial charge in [0, 0.05) is 8.41 Å². The van der Waals surface area contributed by atoms with Crippen LogP contribution in [0.3, 0.4) is 0 Å². The standard InChI is InChI=1S/C20H24Si2/c1-21(2)17-13-16-7-6-8-19(20(16)14-17)15-9-11-18(12-10-15)22(3,4)5/h6-14H,1-5H3. The van der Waals surface area contributed by atoms with Gasteiger partial charge in [-0.15, -0.1) is 0 Å². The van der Waals surface area contributed by atoms with Gasteiger partial charge in [-0.1, -0.05) is 92.5 Å². The Bertz CT molecular complexity index is 859. The van der Waals surface area contributed by atoms with E-state index in [-0.39, 0.29) is 0 Å². The summed E-state index contributed by atoms with van der Waals surface area (Å²) in [5.41, 5.74) is 2.71. The van der Waals surface area contributed by atoms with E-state index in [0.29, 0.717) is 0 Å². The fourth-order valence-corrected chi connectivity index (χ4v) is 4.97. The highest BCUT2D eigenvalue weighted by Gasteiger charge is 2.16. The van der Waals surface area contributed by atoms with Crippen LogP contribution < -0.4 is 15.6 Å². The molecular weight excluding hydrogens is 296 g/mol. The van der Waals surface area contributed by atoms with Crippen molar-refractivity contribution in [1.29, 1.82) is 0 Å². The number of hydrogen-bond acceptors (Lipinski definition) is 0. The molecule has 112 valence electrons. The van der Waals surface area contributed by atoms with Gasteiger partial charge in [-0.2, -0.15) is 0 Å². The summed E-state index contributed by atoms with van der Waals surface area (Å²) >= 11 is 0. The molecule has 22 heavy (non-hydrogen) atoms. The van der Waals surface area contributed by atoms with Gasteiger partial charge in [-0.3, -0.25) is 0 Å². The Morgan fingerprint density at radius 1 is 0.818 bits per heavy atom. The molecule has 0 spiro atoms. The highest BCUT2D eigenvalue weighted by atomic mass is 28.3. The van der Waals surface area contributed by atoms with E-state index in [9.17, 15) is 0 Å². The Labute approximate surface area is 136 Å². The Morgan fingerprint density at radius 2 is 1.50 bits per heavy atom. The van der Waals surface area contributed by atoms with Crippen LogP contribution in [-0.2, 0) is 0 Å². The molecule has 2 aromatic rings. The first-order valence-corrected chi connectivity index (χ1v) is 14.0. The van der Waals surface area contributed by atoms with Crippen molar-refractivity contribution >= 4 is 39.0 Å². The molecule has 2 aromatic carbocycles. The van der Waals surface area contributed by atoms with Crippen molar-refractivity contribution in [2.75, 3.05) is 0 Å². The van der Waals surface area contributed by atoms with Crippen molar-refractivity contribution in [2.24, 2.45) is 0 Å². The van der Waals surface area contributed by atoms with E-state index < -0.39 is 16.5 Å². The van der Waals surface area contributed by atoms with E-state index in [0.717, 1.165) is 0 Å². The molecule has 0 unspecified atom stereocenters. The van der Waals surface area contributed by atoms with Gasteiger partial charge in [0.1, 0.15) is 0 Å². The molecule has 1 aliphatic rings. The Kier molecular flexibility index (Phi) is 3.91. The second kappa shape index (κ2) is 5.60. The van der Waals surface area contributed by atoms with Crippen LogP contribution in [0.2, 0.25) is 32.7 Å². The zero-order valence-corrected chi connectivity index (χ0v) is 16.2. The quantitative estimate of drug-likeness (QED) is 0.746. The third kappa shape index (κ3) is 2.86. The molecule has 1 aliphatic carbocycles. The van der Waals surface area contributed by atoms with Crippen molar-refractivity contribution in [1.82, 2.24) is 0 Å². The Morgan fingerprint density at radius 3 is 2.09 bits per heavy atom. The minimum atomic E-state index is -1.22. The van der Waals surface area contributed by atoms with Crippen LogP contribution in [-0.4, -0.2) is 21.7 Å². The summed E-state index contributed by atoms with van der Waals surface area (Å²) in [4.78, 5) is 0. The van der Waals surface area contributed by atoms with Crippen LogP contribution >= 0.6 is 0 Å². The van der Waals surface area contributed by atoms with Gasteiger partial charge < -0.3 is 0 Å². The van der Waals surface area contributed by atoms with Gasteiger partial charge in [0.2, 0.25) is 0 Å². The number of hydrogen-bond donors (Lipinski definition) is 0. The van der Waals surface area contributed by atoms with E-state index in [1.807, 2.05) is 0 Å². The van der Waals surface area contributed by atoms with Crippen molar-refractivity contribution in [3.63, 3.8) is 0 Å². The molecule has 0 saturated carbocycles. The van der Waals surface area contributed by atoms with Crippen LogP contribution in [0, 0.1) is 0 Å². The first-order chi connectivity index (χ1) is 10.4. The SMILES string of the molecule is C[Si](C)=C1C=c2cccc(-c3ccc([Si](C)(C)C)cc3)c2=C1. The second-order valence-electron chi connectivity index (χ2n) is 7.38. The van der Waals surface area contributed by atoms with E-state index in [1.54, 1.807) is 0 Å². The summed E-state index contributed by atoms with van der Waals surface area (Å²) in [5, 5.41) is 5.85. The summed E-state index contributed by atoms with van der Waals surface area (Å²) in [6.07, 6.45) is 4.79. The fraction of sp³-hybridized carbons (Fsp3) is 0.250. The molecule has 2 heteroatoms. The molecule has 0 bridgehead atoms. The number of benzene rings is 2. The summed E-state index contributed by atoms with van der Waals surface area (Å²) < 4.78 is 0. The van der Waals surface area contributed by atoms with Gasteiger partial charge in [0.25, 0.3) is 0 Å². The molecule has 0 N–H and O–H groups in total. The second-order valence-corrected chi connectivity index (χ2v) is 15.0. The van der Waals surface area contributed by atoms with Gasteiger partial charge in [-0.05, 0) is 26.7 Å². The maximum absolute atomic E-state index is 2.41. The van der Waals surface area contributed by atoms with Crippen LogP contribution in [0.5, 0.6) is 0 Å². The molecule has 0 radical (unpaired) electrons. The van der Waals surface area contributed by atoms with Gasteiger partial charge >= 0.3 is 0 Å². The molecular formula is C20H24Si2. The largest absolute Gasteiger partial charge is 0.0775 e. The molecule has 0 aliphatic heterocycles.